The van der Waals surface area contributed by atoms with Crippen LogP contribution in [-0.4, -0.2) is 82.3 Å². The van der Waals surface area contributed by atoms with Gasteiger partial charge in [0.05, 0.1) is 10.5 Å². The summed E-state index contributed by atoms with van der Waals surface area (Å²) in [6, 6.07) is 9.61. The van der Waals surface area contributed by atoms with Crippen LogP contribution in [0.1, 0.15) is 29.8 Å². The molecule has 2 aromatic carbocycles. The normalized spacial score (nSPS) is 20.6. The molecule has 2 saturated heterocycles. The van der Waals surface area contributed by atoms with Crippen LogP contribution in [0.2, 0.25) is 0 Å². The maximum atomic E-state index is 14.1. The number of halogens is 3. The van der Waals surface area contributed by atoms with E-state index in [1.54, 1.807) is 17.9 Å². The van der Waals surface area contributed by atoms with Crippen molar-refractivity contribution in [3.8, 4) is 0 Å². The molecule has 0 amide bonds. The highest BCUT2D eigenvalue weighted by atomic mass is 32.2. The molecule has 0 N–H and O–H groups in total. The first-order valence-corrected chi connectivity index (χ1v) is 13.3. The van der Waals surface area contributed by atoms with Crippen molar-refractivity contribution in [2.24, 2.45) is 0 Å². The second-order valence-electron chi connectivity index (χ2n) is 9.48. The number of Topliss-reactive ketones (excluding diaryl/α,β-unsaturated/α-hetero) is 1. The van der Waals surface area contributed by atoms with Crippen LogP contribution in [0, 0.1) is 0 Å². The highest BCUT2D eigenvalue weighted by Crippen LogP contribution is 2.40. The van der Waals surface area contributed by atoms with Crippen molar-refractivity contribution >= 4 is 27.2 Å². The number of likely N-dealkylation sites (N-methyl/N-ethyl adjacent to an activating group) is 1. The van der Waals surface area contributed by atoms with Crippen molar-refractivity contribution in [3.63, 3.8) is 0 Å². The number of hydrogen-bond donors (Lipinski definition) is 0. The third-order valence-corrected chi connectivity index (χ3v) is 8.96. The summed E-state index contributed by atoms with van der Waals surface area (Å²) in [5, 5.41) is 0. The Morgan fingerprint density at radius 2 is 1.53 bits per heavy atom. The van der Waals surface area contributed by atoms with Gasteiger partial charge in [-0.15, -0.1) is 0 Å². The molecule has 4 rings (SSSR count). The Kier molecular flexibility index (Phi) is 7.36. The van der Waals surface area contributed by atoms with Crippen LogP contribution >= 0.6 is 0 Å². The van der Waals surface area contributed by atoms with Gasteiger partial charge in [0.1, 0.15) is 0 Å². The lowest BCUT2D eigenvalue weighted by atomic mass is 10.1. The number of hydrogen-bond acceptors (Lipinski definition) is 6. The number of anilines is 2. The third-order valence-electron chi connectivity index (χ3n) is 6.93. The summed E-state index contributed by atoms with van der Waals surface area (Å²) in [6.07, 6.45) is -4.54. The standard InChI is InChI=1S/C25H31F3N4O3S/c1-18-17-31(14-15-32(18)36(34,35)22-7-4-20(5-8-22)19(2)33)24-9-6-21(16-23(24)25(26,27)28)30-12-10-29(3)11-13-30/h4-9,16,18H,10-15,17H2,1-3H3/t18-/m1/s1. The van der Waals surface area contributed by atoms with Gasteiger partial charge in [0.25, 0.3) is 0 Å². The van der Waals surface area contributed by atoms with E-state index in [-0.39, 0.29) is 36.0 Å². The van der Waals surface area contributed by atoms with Gasteiger partial charge in [-0.1, -0.05) is 12.1 Å². The van der Waals surface area contributed by atoms with E-state index in [4.69, 9.17) is 0 Å². The topological polar surface area (TPSA) is 64.2 Å². The summed E-state index contributed by atoms with van der Waals surface area (Å²) in [6.45, 7) is 6.30. The van der Waals surface area contributed by atoms with Gasteiger partial charge in [0.2, 0.25) is 10.0 Å². The average molecular weight is 525 g/mol. The minimum Gasteiger partial charge on any atom is -0.369 e. The fraction of sp³-hybridized carbons (Fsp3) is 0.480. The Balaban J connectivity index is 1.55. The van der Waals surface area contributed by atoms with Crippen molar-refractivity contribution in [3.05, 3.63) is 53.6 Å². The molecular formula is C25H31F3N4O3S. The Hall–Kier alpha value is -2.63. The van der Waals surface area contributed by atoms with E-state index in [9.17, 15) is 26.4 Å². The zero-order valence-electron chi connectivity index (χ0n) is 20.6. The molecule has 0 aromatic heterocycles. The number of piperazine rings is 2. The summed E-state index contributed by atoms with van der Waals surface area (Å²) in [5.41, 5.74) is 0.311. The molecule has 0 radical (unpaired) electrons. The first kappa shape index (κ1) is 26.4. The predicted octanol–water partition coefficient (Wildman–Crippen LogP) is 3.56. The number of rotatable bonds is 5. The Morgan fingerprint density at radius 3 is 2.08 bits per heavy atom. The van der Waals surface area contributed by atoms with Gasteiger partial charge in [0, 0.05) is 68.8 Å². The quantitative estimate of drug-likeness (QED) is 0.558. The van der Waals surface area contributed by atoms with Crippen LogP contribution in [0.4, 0.5) is 24.5 Å². The second-order valence-corrected chi connectivity index (χ2v) is 11.4. The van der Waals surface area contributed by atoms with Crippen molar-refractivity contribution < 1.29 is 26.4 Å². The number of benzene rings is 2. The van der Waals surface area contributed by atoms with E-state index in [1.807, 2.05) is 11.9 Å². The zero-order chi connectivity index (χ0) is 26.3. The van der Waals surface area contributed by atoms with Crippen LogP contribution in [0.5, 0.6) is 0 Å². The SMILES string of the molecule is CC(=O)c1ccc(S(=O)(=O)N2CCN(c3ccc(N4CCN(C)CC4)cc3C(F)(F)F)C[C@H]2C)cc1. The summed E-state index contributed by atoms with van der Waals surface area (Å²) < 4.78 is 70.1. The molecule has 2 fully saturated rings. The van der Waals surface area contributed by atoms with Gasteiger partial charge < -0.3 is 14.7 Å². The van der Waals surface area contributed by atoms with E-state index in [0.29, 0.717) is 24.3 Å². The molecule has 2 aliphatic rings. The minimum atomic E-state index is -4.54. The van der Waals surface area contributed by atoms with Gasteiger partial charge in [-0.3, -0.25) is 4.79 Å². The molecule has 0 spiro atoms. The average Bonchev–Trinajstić information content (AvgIpc) is 2.83. The van der Waals surface area contributed by atoms with Crippen molar-refractivity contribution in [1.82, 2.24) is 9.21 Å². The van der Waals surface area contributed by atoms with E-state index < -0.39 is 27.8 Å². The summed E-state index contributed by atoms with van der Waals surface area (Å²) >= 11 is 0. The molecule has 2 aliphatic heterocycles. The van der Waals surface area contributed by atoms with Crippen molar-refractivity contribution in [1.29, 1.82) is 0 Å². The molecule has 7 nitrogen and oxygen atoms in total. The zero-order valence-corrected chi connectivity index (χ0v) is 21.4. The lowest BCUT2D eigenvalue weighted by Crippen LogP contribution is -2.54. The Labute approximate surface area is 210 Å². The Morgan fingerprint density at radius 1 is 0.917 bits per heavy atom. The third kappa shape index (κ3) is 5.37. The summed E-state index contributed by atoms with van der Waals surface area (Å²) in [7, 11) is -1.87. The molecule has 36 heavy (non-hydrogen) atoms. The van der Waals surface area contributed by atoms with Gasteiger partial charge in [-0.25, -0.2) is 8.42 Å². The minimum absolute atomic E-state index is 0.0511. The van der Waals surface area contributed by atoms with Crippen LogP contribution in [-0.2, 0) is 16.2 Å². The Bertz CT molecular complexity index is 1210. The molecule has 2 heterocycles. The van der Waals surface area contributed by atoms with Crippen molar-refractivity contribution in [2.75, 3.05) is 62.7 Å². The maximum absolute atomic E-state index is 14.1. The number of ketones is 1. The number of carbonyl (C=O) groups excluding carboxylic acids is 1. The fourth-order valence-electron chi connectivity index (χ4n) is 4.80. The predicted molar refractivity (Wildman–Crippen MR) is 133 cm³/mol. The molecule has 2 aromatic rings. The lowest BCUT2D eigenvalue weighted by molar-refractivity contribution is -0.137. The summed E-state index contributed by atoms with van der Waals surface area (Å²) in [5.74, 6) is -0.167. The van der Waals surface area contributed by atoms with Gasteiger partial charge in [0.15, 0.2) is 5.78 Å². The van der Waals surface area contributed by atoms with E-state index in [2.05, 4.69) is 4.90 Å². The van der Waals surface area contributed by atoms with Crippen LogP contribution in [0.15, 0.2) is 47.4 Å². The first-order chi connectivity index (χ1) is 16.9. The molecule has 0 unspecified atom stereocenters. The smallest absolute Gasteiger partial charge is 0.369 e. The van der Waals surface area contributed by atoms with E-state index in [0.717, 1.165) is 13.1 Å². The first-order valence-electron chi connectivity index (χ1n) is 11.9. The van der Waals surface area contributed by atoms with Gasteiger partial charge in [-0.05, 0) is 51.2 Å². The molecule has 11 heteroatoms. The molecule has 1 atom stereocenters. The van der Waals surface area contributed by atoms with Gasteiger partial charge in [-0.2, -0.15) is 17.5 Å². The largest absolute Gasteiger partial charge is 0.418 e. The molecule has 0 saturated carbocycles. The van der Waals surface area contributed by atoms with E-state index in [1.165, 1.54) is 47.6 Å². The fourth-order valence-corrected chi connectivity index (χ4v) is 6.42. The highest BCUT2D eigenvalue weighted by Gasteiger charge is 2.39. The number of sulfonamides is 1. The monoisotopic (exact) mass is 524 g/mol. The second kappa shape index (κ2) is 10.0. The molecular weight excluding hydrogens is 493 g/mol. The number of alkyl halides is 3. The maximum Gasteiger partial charge on any atom is 0.418 e. The van der Waals surface area contributed by atoms with Crippen LogP contribution in [0.25, 0.3) is 0 Å². The number of carbonyl (C=O) groups is 1. The highest BCUT2D eigenvalue weighted by molar-refractivity contribution is 7.89. The molecule has 0 aliphatic carbocycles. The van der Waals surface area contributed by atoms with Gasteiger partial charge >= 0.3 is 6.18 Å². The molecule has 0 bridgehead atoms. The lowest BCUT2D eigenvalue weighted by Gasteiger charge is -2.41. The number of nitrogens with zero attached hydrogens (tertiary/aromatic N) is 4. The van der Waals surface area contributed by atoms with E-state index >= 15 is 0 Å². The summed E-state index contributed by atoms with van der Waals surface area (Å²) in [4.78, 5) is 17.3. The van der Waals surface area contributed by atoms with Crippen LogP contribution < -0.4 is 9.80 Å². The van der Waals surface area contributed by atoms with Crippen LogP contribution in [0.3, 0.4) is 0 Å². The van der Waals surface area contributed by atoms with Crippen molar-refractivity contribution in [2.45, 2.75) is 31.0 Å². The molecule has 196 valence electrons.